The van der Waals surface area contributed by atoms with E-state index >= 15 is 0 Å². The Balaban J connectivity index is 1.89. The first-order valence-corrected chi connectivity index (χ1v) is 14.8. The Bertz CT molecular complexity index is 1190. The molecule has 1 heterocycles. The van der Waals surface area contributed by atoms with Crippen LogP contribution in [0.15, 0.2) is 42.5 Å². The third-order valence-electron chi connectivity index (χ3n) is 7.93. The summed E-state index contributed by atoms with van der Waals surface area (Å²) in [6.07, 6.45) is 5.96. The van der Waals surface area contributed by atoms with Crippen molar-refractivity contribution in [2.45, 2.75) is 71.9 Å². The predicted octanol–water partition coefficient (Wildman–Crippen LogP) is 7.10. The van der Waals surface area contributed by atoms with E-state index in [9.17, 15) is 0 Å². The second-order valence-corrected chi connectivity index (χ2v) is 14.3. The van der Waals surface area contributed by atoms with E-state index in [0.717, 1.165) is 6.42 Å². The average Bonchev–Trinajstić information content (AvgIpc) is 3.11. The second kappa shape index (κ2) is 6.95. The van der Waals surface area contributed by atoms with Crippen LogP contribution >= 0.6 is 0 Å². The molecule has 0 spiro atoms. The molecule has 30 heavy (non-hydrogen) atoms. The van der Waals surface area contributed by atoms with E-state index in [4.69, 9.17) is 0 Å². The summed E-state index contributed by atoms with van der Waals surface area (Å²) in [4.78, 5) is 0. The van der Waals surface area contributed by atoms with E-state index in [1.165, 1.54) is 24.0 Å². The monoisotopic (exact) mass is 410 g/mol. The van der Waals surface area contributed by atoms with Gasteiger partial charge in [-0.25, -0.2) is 0 Å². The fraction of sp³-hybridized carbons (Fsp3) is 0.379. The second-order valence-electron chi connectivity index (χ2n) is 10.1. The van der Waals surface area contributed by atoms with Gasteiger partial charge in [0.2, 0.25) is 0 Å². The fourth-order valence-electron chi connectivity index (χ4n) is 5.83. The standard InChI is InChI=1S/C29H34Si/c1-7-18(3)23-14-11-15-24-27(23)26(22-16-20-12-9-10-13-21(20)17-22)25(19(4)8-2)29-28(24)30(29,5)6/h9-16,18-19H,7-8,17H2,1-6H3. The van der Waals surface area contributed by atoms with Gasteiger partial charge in [-0.1, -0.05) is 94.5 Å². The maximum atomic E-state index is 2.57. The van der Waals surface area contributed by atoms with Crippen molar-refractivity contribution in [3.63, 3.8) is 0 Å². The van der Waals surface area contributed by atoms with Gasteiger partial charge in [0.05, 0.1) is 0 Å². The van der Waals surface area contributed by atoms with Gasteiger partial charge in [0.1, 0.15) is 8.07 Å². The largest absolute Gasteiger partial charge is 0.113 e. The van der Waals surface area contributed by atoms with Crippen LogP contribution in [0.2, 0.25) is 13.1 Å². The lowest BCUT2D eigenvalue weighted by Gasteiger charge is -2.22. The molecule has 2 aliphatic rings. The normalized spacial score (nSPS) is 18.0. The number of hydrogen-bond acceptors (Lipinski definition) is 0. The van der Waals surface area contributed by atoms with Crippen LogP contribution in [0.5, 0.6) is 0 Å². The minimum Gasteiger partial charge on any atom is -0.0648 e. The van der Waals surface area contributed by atoms with Crippen LogP contribution in [-0.2, 0) is 6.42 Å². The van der Waals surface area contributed by atoms with Gasteiger partial charge in [0.25, 0.3) is 0 Å². The van der Waals surface area contributed by atoms with Gasteiger partial charge in [-0.15, -0.1) is 0 Å². The molecular weight excluding hydrogens is 376 g/mol. The van der Waals surface area contributed by atoms with E-state index in [1.807, 2.05) is 0 Å². The molecule has 5 rings (SSSR count). The molecular formula is C29H34Si. The Morgan fingerprint density at radius 1 is 0.867 bits per heavy atom. The van der Waals surface area contributed by atoms with Crippen molar-refractivity contribution in [3.05, 3.63) is 70.3 Å². The van der Waals surface area contributed by atoms with Crippen molar-refractivity contribution in [1.29, 1.82) is 0 Å². The first-order chi connectivity index (χ1) is 14.4. The van der Waals surface area contributed by atoms with Crippen molar-refractivity contribution in [1.82, 2.24) is 0 Å². The zero-order chi connectivity index (χ0) is 21.2. The molecule has 3 aromatic carbocycles. The third-order valence-corrected chi connectivity index (χ3v) is 11.2. The van der Waals surface area contributed by atoms with Crippen molar-refractivity contribution in [2.75, 3.05) is 0 Å². The van der Waals surface area contributed by atoms with Crippen LogP contribution in [0, 0.1) is 0 Å². The van der Waals surface area contributed by atoms with Gasteiger partial charge in [0.15, 0.2) is 0 Å². The fourth-order valence-corrected chi connectivity index (χ4v) is 9.71. The van der Waals surface area contributed by atoms with Crippen LogP contribution < -0.4 is 10.4 Å². The van der Waals surface area contributed by atoms with Crippen LogP contribution in [0.3, 0.4) is 0 Å². The summed E-state index contributed by atoms with van der Waals surface area (Å²) in [7, 11) is -1.44. The molecule has 1 heteroatoms. The highest BCUT2D eigenvalue weighted by atomic mass is 28.3. The van der Waals surface area contributed by atoms with E-state index in [-0.39, 0.29) is 0 Å². The number of allylic oxidation sites excluding steroid dienone is 1. The molecule has 154 valence electrons. The molecule has 3 aromatic rings. The summed E-state index contributed by atoms with van der Waals surface area (Å²) in [5.41, 5.74) is 9.31. The third kappa shape index (κ3) is 2.71. The lowest BCUT2D eigenvalue weighted by molar-refractivity contribution is 0.732. The van der Waals surface area contributed by atoms with Crippen molar-refractivity contribution >= 4 is 40.9 Å². The Kier molecular flexibility index (Phi) is 4.59. The first kappa shape index (κ1) is 19.8. The summed E-state index contributed by atoms with van der Waals surface area (Å²) < 4.78 is 0. The summed E-state index contributed by atoms with van der Waals surface area (Å²) in [5, 5.41) is 6.67. The highest BCUT2D eigenvalue weighted by Gasteiger charge is 2.49. The molecule has 0 N–H and O–H groups in total. The van der Waals surface area contributed by atoms with Gasteiger partial charge < -0.3 is 0 Å². The molecule has 0 saturated carbocycles. The van der Waals surface area contributed by atoms with Gasteiger partial charge >= 0.3 is 0 Å². The topological polar surface area (TPSA) is 0 Å². The minimum atomic E-state index is -1.44. The molecule has 0 fully saturated rings. The van der Waals surface area contributed by atoms with Gasteiger partial charge in [-0.2, -0.15) is 0 Å². The van der Waals surface area contributed by atoms with E-state index in [2.05, 4.69) is 89.3 Å². The highest BCUT2D eigenvalue weighted by Crippen LogP contribution is 2.45. The molecule has 2 atom stereocenters. The van der Waals surface area contributed by atoms with Gasteiger partial charge in [-0.05, 0) is 80.4 Å². The Hall–Kier alpha value is -2.12. The summed E-state index contributed by atoms with van der Waals surface area (Å²) in [6.45, 7) is 14.7. The predicted molar refractivity (Wildman–Crippen MR) is 136 cm³/mol. The Morgan fingerprint density at radius 2 is 1.60 bits per heavy atom. The molecule has 1 aliphatic carbocycles. The SMILES string of the molecule is CCC(C)c1c2c(c3cccc(C(C)CC)c3c1C1=Cc3ccccc3C1)[Si]2(C)C. The first-order valence-electron chi connectivity index (χ1n) is 11.8. The zero-order valence-corrected chi connectivity index (χ0v) is 20.4. The molecule has 0 amide bonds. The van der Waals surface area contributed by atoms with E-state index in [1.54, 1.807) is 43.4 Å². The molecule has 0 bridgehead atoms. The molecule has 0 saturated heterocycles. The number of benzene rings is 3. The number of fused-ring (bicyclic) bond motifs is 4. The van der Waals surface area contributed by atoms with Gasteiger partial charge in [0, 0.05) is 0 Å². The number of rotatable bonds is 5. The summed E-state index contributed by atoms with van der Waals surface area (Å²) in [5.74, 6) is 1.20. The van der Waals surface area contributed by atoms with Crippen molar-refractivity contribution < 1.29 is 0 Å². The quantitative estimate of drug-likeness (QED) is 0.394. The smallest absolute Gasteiger partial charge is 0.0648 e. The Morgan fingerprint density at radius 3 is 2.30 bits per heavy atom. The highest BCUT2D eigenvalue weighted by molar-refractivity contribution is 7.17. The van der Waals surface area contributed by atoms with Crippen LogP contribution in [0.25, 0.3) is 22.4 Å². The molecule has 0 aromatic heterocycles. The summed E-state index contributed by atoms with van der Waals surface area (Å²) >= 11 is 0. The lowest BCUT2D eigenvalue weighted by atomic mass is 9.82. The zero-order valence-electron chi connectivity index (χ0n) is 19.4. The van der Waals surface area contributed by atoms with Crippen molar-refractivity contribution in [2.24, 2.45) is 0 Å². The minimum absolute atomic E-state index is 0.586. The maximum Gasteiger partial charge on any atom is 0.113 e. The maximum absolute atomic E-state index is 2.57. The summed E-state index contributed by atoms with van der Waals surface area (Å²) in [6, 6.07) is 16.1. The van der Waals surface area contributed by atoms with Gasteiger partial charge in [-0.3, -0.25) is 0 Å². The molecule has 0 radical (unpaired) electrons. The molecule has 1 aliphatic heterocycles. The van der Waals surface area contributed by atoms with E-state index in [0.29, 0.717) is 11.8 Å². The van der Waals surface area contributed by atoms with Crippen molar-refractivity contribution in [3.8, 4) is 0 Å². The van der Waals surface area contributed by atoms with Crippen LogP contribution in [-0.4, -0.2) is 8.07 Å². The van der Waals surface area contributed by atoms with Crippen LogP contribution in [0.1, 0.15) is 80.2 Å². The lowest BCUT2D eigenvalue weighted by Crippen LogP contribution is -2.20. The average molecular weight is 411 g/mol. The number of hydrogen-bond donors (Lipinski definition) is 0. The molecule has 2 unspecified atom stereocenters. The Labute approximate surface area is 183 Å². The molecule has 0 nitrogen and oxygen atoms in total. The van der Waals surface area contributed by atoms with E-state index < -0.39 is 8.07 Å². The van der Waals surface area contributed by atoms with Crippen LogP contribution in [0.4, 0.5) is 0 Å².